The maximum absolute atomic E-state index is 13.0. The predicted octanol–water partition coefficient (Wildman–Crippen LogP) is 4.23. The normalized spacial score (nSPS) is 16.6. The van der Waals surface area contributed by atoms with Gasteiger partial charge in [0.05, 0.1) is 14.2 Å². The minimum absolute atomic E-state index is 0.0193. The van der Waals surface area contributed by atoms with Gasteiger partial charge in [-0.25, -0.2) is 0 Å². The van der Waals surface area contributed by atoms with E-state index in [1.807, 2.05) is 47.4 Å². The molecule has 0 aliphatic carbocycles. The van der Waals surface area contributed by atoms with Crippen LogP contribution in [0.2, 0.25) is 0 Å². The molecule has 0 unspecified atom stereocenters. The fraction of sp³-hybridized carbons (Fsp3) is 0.400. The SMILES string of the molecule is COc1ccc(CCN(C)[C@@H]2CCCN(C(=O)c3cc4ccccc4o3)C2)cc1OC. The molecule has 0 spiro atoms. The lowest BCUT2D eigenvalue weighted by molar-refractivity contribution is 0.0583. The van der Waals surface area contributed by atoms with Crippen molar-refractivity contribution in [1.29, 1.82) is 0 Å². The van der Waals surface area contributed by atoms with Crippen LogP contribution >= 0.6 is 0 Å². The molecule has 2 heterocycles. The van der Waals surface area contributed by atoms with E-state index in [1.165, 1.54) is 5.56 Å². The second-order valence-corrected chi connectivity index (χ2v) is 8.12. The summed E-state index contributed by atoms with van der Waals surface area (Å²) in [6.07, 6.45) is 2.99. The van der Waals surface area contributed by atoms with Gasteiger partial charge in [0.25, 0.3) is 5.91 Å². The summed E-state index contributed by atoms with van der Waals surface area (Å²) >= 11 is 0. The number of benzene rings is 2. The molecule has 31 heavy (non-hydrogen) atoms. The minimum atomic E-state index is -0.0193. The Morgan fingerprint density at radius 1 is 1.13 bits per heavy atom. The molecule has 0 N–H and O–H groups in total. The Morgan fingerprint density at radius 2 is 1.94 bits per heavy atom. The van der Waals surface area contributed by atoms with Gasteiger partial charge in [-0.3, -0.25) is 4.79 Å². The van der Waals surface area contributed by atoms with Crippen LogP contribution in [0, 0.1) is 0 Å². The second kappa shape index (κ2) is 9.43. The average molecular weight is 423 g/mol. The Kier molecular flexibility index (Phi) is 6.47. The second-order valence-electron chi connectivity index (χ2n) is 8.12. The lowest BCUT2D eigenvalue weighted by Crippen LogP contribution is -2.49. The lowest BCUT2D eigenvalue weighted by atomic mass is 10.0. The van der Waals surface area contributed by atoms with Gasteiger partial charge in [-0.05, 0) is 56.1 Å². The molecule has 1 atom stereocenters. The largest absolute Gasteiger partial charge is 0.493 e. The van der Waals surface area contributed by atoms with Crippen molar-refractivity contribution in [2.24, 2.45) is 0 Å². The van der Waals surface area contributed by atoms with E-state index in [1.54, 1.807) is 14.2 Å². The van der Waals surface area contributed by atoms with E-state index >= 15 is 0 Å². The van der Waals surface area contributed by atoms with Gasteiger partial charge >= 0.3 is 0 Å². The van der Waals surface area contributed by atoms with E-state index in [4.69, 9.17) is 13.9 Å². The summed E-state index contributed by atoms with van der Waals surface area (Å²) in [5, 5.41) is 0.964. The van der Waals surface area contributed by atoms with Crippen LogP contribution in [0.15, 0.2) is 52.9 Å². The van der Waals surface area contributed by atoms with Crippen LogP contribution in [0.1, 0.15) is 29.0 Å². The molecule has 6 heteroatoms. The first-order valence-corrected chi connectivity index (χ1v) is 10.8. The summed E-state index contributed by atoms with van der Waals surface area (Å²) in [5.41, 5.74) is 1.96. The molecule has 1 aromatic heterocycles. The third-order valence-electron chi connectivity index (χ3n) is 6.14. The minimum Gasteiger partial charge on any atom is -0.493 e. The van der Waals surface area contributed by atoms with Crippen molar-refractivity contribution in [3.63, 3.8) is 0 Å². The molecule has 3 aromatic rings. The molecular formula is C25H30N2O4. The number of furan rings is 1. The van der Waals surface area contributed by atoms with Crippen molar-refractivity contribution in [3.05, 3.63) is 59.9 Å². The van der Waals surface area contributed by atoms with E-state index < -0.39 is 0 Å². The van der Waals surface area contributed by atoms with Gasteiger partial charge in [0.1, 0.15) is 5.58 Å². The van der Waals surface area contributed by atoms with Gasteiger partial charge in [0.2, 0.25) is 0 Å². The number of para-hydroxylation sites is 1. The summed E-state index contributed by atoms with van der Waals surface area (Å²) < 4.78 is 16.5. The summed E-state index contributed by atoms with van der Waals surface area (Å²) in [5.74, 6) is 1.90. The number of rotatable bonds is 7. The van der Waals surface area contributed by atoms with Crippen LogP contribution in [-0.4, -0.2) is 62.7 Å². The van der Waals surface area contributed by atoms with Crippen molar-refractivity contribution < 1.29 is 18.7 Å². The highest BCUT2D eigenvalue weighted by molar-refractivity contribution is 5.96. The smallest absolute Gasteiger partial charge is 0.289 e. The molecule has 6 nitrogen and oxygen atoms in total. The summed E-state index contributed by atoms with van der Waals surface area (Å²) in [4.78, 5) is 17.3. The zero-order valence-corrected chi connectivity index (χ0v) is 18.5. The first-order chi connectivity index (χ1) is 15.1. The zero-order chi connectivity index (χ0) is 21.8. The Morgan fingerprint density at radius 3 is 2.71 bits per heavy atom. The number of likely N-dealkylation sites (N-methyl/N-ethyl adjacent to an activating group) is 1. The topological polar surface area (TPSA) is 55.2 Å². The monoisotopic (exact) mass is 422 g/mol. The third kappa shape index (κ3) is 4.69. The summed E-state index contributed by atoms with van der Waals surface area (Å²) in [6.45, 7) is 2.40. The van der Waals surface area contributed by atoms with Crippen LogP contribution in [-0.2, 0) is 6.42 Å². The first kappa shape index (κ1) is 21.2. The Balaban J connectivity index is 1.37. The number of nitrogens with zero attached hydrogens (tertiary/aromatic N) is 2. The van der Waals surface area contributed by atoms with E-state index in [2.05, 4.69) is 18.0 Å². The molecule has 4 rings (SSSR count). The zero-order valence-electron chi connectivity index (χ0n) is 18.5. The van der Waals surface area contributed by atoms with Gasteiger partial charge in [-0.2, -0.15) is 0 Å². The third-order valence-corrected chi connectivity index (χ3v) is 6.14. The van der Waals surface area contributed by atoms with Crippen LogP contribution < -0.4 is 9.47 Å². The highest BCUT2D eigenvalue weighted by atomic mass is 16.5. The van der Waals surface area contributed by atoms with E-state index in [0.29, 0.717) is 11.8 Å². The quantitative estimate of drug-likeness (QED) is 0.570. The van der Waals surface area contributed by atoms with Gasteiger partial charge in [-0.1, -0.05) is 24.3 Å². The molecule has 1 aliphatic heterocycles. The van der Waals surface area contributed by atoms with E-state index in [9.17, 15) is 4.79 Å². The fourth-order valence-corrected chi connectivity index (χ4v) is 4.27. The van der Waals surface area contributed by atoms with Crippen molar-refractivity contribution in [1.82, 2.24) is 9.80 Å². The van der Waals surface area contributed by atoms with Crippen molar-refractivity contribution >= 4 is 16.9 Å². The van der Waals surface area contributed by atoms with Crippen molar-refractivity contribution in [2.45, 2.75) is 25.3 Å². The van der Waals surface area contributed by atoms with E-state index in [0.717, 1.165) is 61.4 Å². The number of carbonyl (C=O) groups excluding carboxylic acids is 1. The van der Waals surface area contributed by atoms with Gasteiger partial charge in [-0.15, -0.1) is 0 Å². The molecule has 0 radical (unpaired) electrons. The van der Waals surface area contributed by atoms with Crippen LogP contribution in [0.3, 0.4) is 0 Å². The first-order valence-electron chi connectivity index (χ1n) is 10.8. The molecule has 0 saturated carbocycles. The number of piperidine rings is 1. The maximum atomic E-state index is 13.0. The van der Waals surface area contributed by atoms with Crippen molar-refractivity contribution in [3.8, 4) is 11.5 Å². The Bertz CT molecular complexity index is 1010. The number of amides is 1. The number of ether oxygens (including phenoxy) is 2. The number of hydrogen-bond acceptors (Lipinski definition) is 5. The molecule has 1 aliphatic rings. The molecule has 164 valence electrons. The average Bonchev–Trinajstić information content (AvgIpc) is 3.26. The summed E-state index contributed by atoms with van der Waals surface area (Å²) in [7, 11) is 5.44. The van der Waals surface area contributed by atoms with E-state index in [-0.39, 0.29) is 5.91 Å². The van der Waals surface area contributed by atoms with Crippen molar-refractivity contribution in [2.75, 3.05) is 40.9 Å². The molecule has 1 saturated heterocycles. The van der Waals surface area contributed by atoms with Gasteiger partial charge in [0, 0.05) is 31.1 Å². The maximum Gasteiger partial charge on any atom is 0.289 e. The Labute approximate surface area is 183 Å². The van der Waals surface area contributed by atoms with Crippen LogP contribution in [0.5, 0.6) is 11.5 Å². The number of fused-ring (bicyclic) bond motifs is 1. The Hall–Kier alpha value is -2.99. The molecule has 0 bridgehead atoms. The lowest BCUT2D eigenvalue weighted by Gasteiger charge is -2.37. The highest BCUT2D eigenvalue weighted by Crippen LogP contribution is 2.28. The van der Waals surface area contributed by atoms with Gasteiger partial charge < -0.3 is 23.7 Å². The van der Waals surface area contributed by atoms with Crippen LogP contribution in [0.25, 0.3) is 11.0 Å². The molecule has 2 aromatic carbocycles. The fourth-order valence-electron chi connectivity index (χ4n) is 4.27. The molecule has 1 amide bonds. The highest BCUT2D eigenvalue weighted by Gasteiger charge is 2.28. The number of methoxy groups -OCH3 is 2. The predicted molar refractivity (Wildman–Crippen MR) is 121 cm³/mol. The van der Waals surface area contributed by atoms with Crippen LogP contribution in [0.4, 0.5) is 0 Å². The standard InChI is InChI=1S/C25H30N2O4/c1-26(14-12-18-10-11-22(29-2)23(15-18)30-3)20-8-6-13-27(17-20)25(28)24-16-19-7-4-5-9-21(19)31-24/h4-5,7,9-11,15-16,20H,6,8,12-14,17H2,1-3H3/t20-/m1/s1. The molecule has 1 fully saturated rings. The molecular weight excluding hydrogens is 392 g/mol. The van der Waals surface area contributed by atoms with Gasteiger partial charge in [0.15, 0.2) is 17.3 Å². The number of hydrogen-bond donors (Lipinski definition) is 0. The number of likely N-dealkylation sites (tertiary alicyclic amines) is 1. The summed E-state index contributed by atoms with van der Waals surface area (Å²) in [6, 6.07) is 16.0. The number of carbonyl (C=O) groups is 1.